The van der Waals surface area contributed by atoms with Crippen LogP contribution in [0.2, 0.25) is 10.0 Å². The van der Waals surface area contributed by atoms with E-state index < -0.39 is 5.91 Å². The van der Waals surface area contributed by atoms with Crippen molar-refractivity contribution < 1.29 is 20.1 Å². The van der Waals surface area contributed by atoms with Gasteiger partial charge in [0.2, 0.25) is 0 Å². The lowest BCUT2D eigenvalue weighted by molar-refractivity contribution is 0.0954. The molecule has 2 aromatic rings. The normalized spacial score (nSPS) is 10.8. The molecule has 2 aromatic carbocycles. The van der Waals surface area contributed by atoms with Crippen molar-refractivity contribution in [1.82, 2.24) is 5.43 Å². The Morgan fingerprint density at radius 3 is 2.32 bits per heavy atom. The maximum absolute atomic E-state index is 11.8. The van der Waals surface area contributed by atoms with E-state index in [1.165, 1.54) is 12.1 Å². The van der Waals surface area contributed by atoms with Gasteiger partial charge in [0.15, 0.2) is 0 Å². The Hall–Kier alpha value is -2.44. The Balaban J connectivity index is 2.14. The molecule has 0 heterocycles. The lowest BCUT2D eigenvalue weighted by Gasteiger charge is -2.04. The third-order valence-electron chi connectivity index (χ3n) is 2.59. The van der Waals surface area contributed by atoms with Crippen LogP contribution in [-0.2, 0) is 0 Å². The van der Waals surface area contributed by atoms with Crippen LogP contribution in [0.3, 0.4) is 0 Å². The number of rotatable bonds is 3. The Kier molecular flexibility index (Phi) is 4.75. The van der Waals surface area contributed by atoms with Crippen molar-refractivity contribution in [2.24, 2.45) is 5.10 Å². The number of carbonyl (C=O) groups is 1. The molecule has 114 valence electrons. The highest BCUT2D eigenvalue weighted by Crippen LogP contribution is 2.29. The van der Waals surface area contributed by atoms with Crippen LogP contribution in [0.1, 0.15) is 15.9 Å². The van der Waals surface area contributed by atoms with Gasteiger partial charge in [-0.3, -0.25) is 4.79 Å². The standard InChI is InChI=1S/C14H10Cl2N2O4/c15-9-1-8(13(21)12(16)4-9)6-17-18-14(22)7-2-10(19)5-11(20)3-7/h1-6,19-21H,(H,18,22)/b17-6-. The van der Waals surface area contributed by atoms with Crippen LogP contribution in [0, 0.1) is 0 Å². The minimum absolute atomic E-state index is 0.0167. The summed E-state index contributed by atoms with van der Waals surface area (Å²) in [5.74, 6) is -1.39. The highest BCUT2D eigenvalue weighted by molar-refractivity contribution is 6.36. The van der Waals surface area contributed by atoms with Crippen molar-refractivity contribution in [1.29, 1.82) is 0 Å². The minimum Gasteiger partial charge on any atom is -0.508 e. The van der Waals surface area contributed by atoms with E-state index in [1.54, 1.807) is 0 Å². The van der Waals surface area contributed by atoms with E-state index >= 15 is 0 Å². The number of nitrogens with one attached hydrogen (secondary N) is 1. The summed E-state index contributed by atoms with van der Waals surface area (Å²) in [6.07, 6.45) is 1.16. The Bertz CT molecular complexity index is 742. The fraction of sp³-hybridized carbons (Fsp3) is 0. The first kappa shape index (κ1) is 15.9. The molecular weight excluding hydrogens is 331 g/mol. The number of halogens is 2. The van der Waals surface area contributed by atoms with E-state index in [1.807, 2.05) is 0 Å². The molecule has 0 radical (unpaired) electrons. The van der Waals surface area contributed by atoms with Crippen molar-refractivity contribution in [3.63, 3.8) is 0 Å². The van der Waals surface area contributed by atoms with Crippen molar-refractivity contribution in [2.45, 2.75) is 0 Å². The summed E-state index contributed by atoms with van der Waals surface area (Å²) in [7, 11) is 0. The molecule has 0 unspecified atom stereocenters. The van der Waals surface area contributed by atoms with Crippen molar-refractivity contribution >= 4 is 35.3 Å². The molecule has 0 atom stereocenters. The van der Waals surface area contributed by atoms with E-state index in [2.05, 4.69) is 10.5 Å². The van der Waals surface area contributed by atoms with Gasteiger partial charge in [0.1, 0.15) is 17.2 Å². The van der Waals surface area contributed by atoms with Gasteiger partial charge in [0, 0.05) is 22.2 Å². The van der Waals surface area contributed by atoms with Gasteiger partial charge in [-0.05, 0) is 24.3 Å². The monoisotopic (exact) mass is 340 g/mol. The molecule has 22 heavy (non-hydrogen) atoms. The number of nitrogens with zero attached hydrogens (tertiary/aromatic N) is 1. The van der Waals surface area contributed by atoms with Crippen molar-refractivity contribution in [2.75, 3.05) is 0 Å². The molecule has 0 aliphatic heterocycles. The summed E-state index contributed by atoms with van der Waals surface area (Å²) in [5, 5.41) is 32.3. The van der Waals surface area contributed by atoms with Gasteiger partial charge in [0.05, 0.1) is 11.2 Å². The number of amides is 1. The molecule has 1 amide bonds. The molecule has 0 fully saturated rings. The average molecular weight is 341 g/mol. The van der Waals surface area contributed by atoms with E-state index in [0.29, 0.717) is 5.02 Å². The van der Waals surface area contributed by atoms with Gasteiger partial charge in [0.25, 0.3) is 5.91 Å². The maximum atomic E-state index is 11.8. The molecule has 0 saturated carbocycles. The topological polar surface area (TPSA) is 102 Å². The molecule has 0 aliphatic carbocycles. The van der Waals surface area contributed by atoms with Crippen molar-refractivity contribution in [3.05, 3.63) is 51.5 Å². The summed E-state index contributed by atoms with van der Waals surface area (Å²) >= 11 is 11.5. The fourth-order valence-electron chi connectivity index (χ4n) is 1.64. The summed E-state index contributed by atoms with van der Waals surface area (Å²) in [6.45, 7) is 0. The first-order valence-electron chi connectivity index (χ1n) is 5.91. The maximum Gasteiger partial charge on any atom is 0.271 e. The minimum atomic E-state index is -0.657. The molecule has 2 rings (SSSR count). The van der Waals surface area contributed by atoms with Crippen LogP contribution >= 0.6 is 23.2 Å². The zero-order valence-electron chi connectivity index (χ0n) is 10.9. The molecule has 0 aliphatic rings. The molecule has 0 aromatic heterocycles. The average Bonchev–Trinajstić information content (AvgIpc) is 2.42. The fourth-order valence-corrected chi connectivity index (χ4v) is 2.14. The summed E-state index contributed by atoms with van der Waals surface area (Å²) < 4.78 is 0. The number of carbonyl (C=O) groups excluding carboxylic acids is 1. The molecule has 6 nitrogen and oxygen atoms in total. The predicted octanol–water partition coefficient (Wildman–Crippen LogP) is 2.87. The van der Waals surface area contributed by atoms with E-state index in [4.69, 9.17) is 23.2 Å². The molecule has 0 saturated heterocycles. The molecule has 0 spiro atoms. The molecule has 0 bridgehead atoms. The Morgan fingerprint density at radius 1 is 1.05 bits per heavy atom. The van der Waals surface area contributed by atoms with Gasteiger partial charge >= 0.3 is 0 Å². The highest BCUT2D eigenvalue weighted by Gasteiger charge is 2.09. The molecule has 4 N–H and O–H groups in total. The highest BCUT2D eigenvalue weighted by atomic mass is 35.5. The predicted molar refractivity (Wildman–Crippen MR) is 83.0 cm³/mol. The second-order valence-electron chi connectivity index (χ2n) is 4.26. The second-order valence-corrected chi connectivity index (χ2v) is 5.11. The van der Waals surface area contributed by atoms with Crippen LogP contribution in [0.25, 0.3) is 0 Å². The summed E-state index contributed by atoms with van der Waals surface area (Å²) in [5.41, 5.74) is 2.41. The van der Waals surface area contributed by atoms with E-state index in [-0.39, 0.29) is 33.4 Å². The Labute approximate surface area is 135 Å². The zero-order valence-corrected chi connectivity index (χ0v) is 12.4. The lowest BCUT2D eigenvalue weighted by Crippen LogP contribution is -2.17. The third-order valence-corrected chi connectivity index (χ3v) is 3.10. The number of phenolic OH excluding ortho intramolecular Hbond substituents is 3. The second kappa shape index (κ2) is 6.55. The van der Waals surface area contributed by atoms with E-state index in [9.17, 15) is 20.1 Å². The first-order chi connectivity index (χ1) is 10.4. The van der Waals surface area contributed by atoms with Crippen LogP contribution in [-0.4, -0.2) is 27.4 Å². The third kappa shape index (κ3) is 3.81. The number of aromatic hydroxyl groups is 3. The molecule has 8 heteroatoms. The molecular formula is C14H10Cl2N2O4. The smallest absolute Gasteiger partial charge is 0.271 e. The van der Waals surface area contributed by atoms with Gasteiger partial charge in [-0.25, -0.2) is 5.43 Å². The summed E-state index contributed by atoms with van der Waals surface area (Å²) in [4.78, 5) is 11.8. The number of benzene rings is 2. The van der Waals surface area contributed by atoms with Gasteiger partial charge in [-0.1, -0.05) is 23.2 Å². The van der Waals surface area contributed by atoms with Crippen LogP contribution in [0.4, 0.5) is 0 Å². The number of phenols is 3. The van der Waals surface area contributed by atoms with Crippen LogP contribution in [0.5, 0.6) is 17.2 Å². The Morgan fingerprint density at radius 2 is 1.68 bits per heavy atom. The summed E-state index contributed by atoms with van der Waals surface area (Å²) in [6, 6.07) is 6.20. The number of hydrogen-bond donors (Lipinski definition) is 4. The quantitative estimate of drug-likeness (QED) is 0.509. The van der Waals surface area contributed by atoms with Crippen molar-refractivity contribution in [3.8, 4) is 17.2 Å². The van der Waals surface area contributed by atoms with E-state index in [0.717, 1.165) is 24.4 Å². The lowest BCUT2D eigenvalue weighted by atomic mass is 10.2. The van der Waals surface area contributed by atoms with Gasteiger partial charge in [-0.2, -0.15) is 5.10 Å². The van der Waals surface area contributed by atoms with Crippen LogP contribution in [0.15, 0.2) is 35.4 Å². The zero-order chi connectivity index (χ0) is 16.3. The first-order valence-corrected chi connectivity index (χ1v) is 6.67. The van der Waals surface area contributed by atoms with Gasteiger partial charge < -0.3 is 15.3 Å². The largest absolute Gasteiger partial charge is 0.508 e. The number of hydrogen-bond acceptors (Lipinski definition) is 5. The SMILES string of the molecule is O=C(N/N=C\c1cc(Cl)cc(Cl)c1O)c1cc(O)cc(O)c1. The van der Waals surface area contributed by atoms with Crippen LogP contribution < -0.4 is 5.43 Å². The number of hydrazone groups is 1. The van der Waals surface area contributed by atoms with Gasteiger partial charge in [-0.15, -0.1) is 0 Å².